The van der Waals surface area contributed by atoms with Crippen LogP contribution in [0.5, 0.6) is 0 Å². The zero-order valence-corrected chi connectivity index (χ0v) is 8.78. The molecule has 0 bridgehead atoms. The molecule has 0 saturated heterocycles. The van der Waals surface area contributed by atoms with Crippen molar-refractivity contribution in [3.63, 3.8) is 0 Å². The van der Waals surface area contributed by atoms with Gasteiger partial charge in [-0.3, -0.25) is 4.79 Å². The van der Waals surface area contributed by atoms with E-state index in [1.54, 1.807) is 6.07 Å². The molecule has 16 heavy (non-hydrogen) atoms. The van der Waals surface area contributed by atoms with Crippen LogP contribution in [0.1, 0.15) is 10.4 Å². The number of carbonyl (C=O) groups is 1. The molecule has 1 rings (SSSR count). The molecule has 1 aromatic rings. The maximum Gasteiger partial charge on any atom is 0.254 e. The van der Waals surface area contributed by atoms with Crippen molar-refractivity contribution in [2.24, 2.45) is 0 Å². The molecule has 0 spiro atoms. The summed E-state index contributed by atoms with van der Waals surface area (Å²) in [6, 6.07) is 5.77. The summed E-state index contributed by atoms with van der Waals surface area (Å²) in [5, 5.41) is 10.9. The summed E-state index contributed by atoms with van der Waals surface area (Å²) in [5.41, 5.74) is 0.0182. The molecule has 88 valence electrons. The molecule has 2 N–H and O–H groups in total. The van der Waals surface area contributed by atoms with Crippen LogP contribution >= 0.6 is 0 Å². The van der Waals surface area contributed by atoms with E-state index in [1.165, 1.54) is 18.2 Å². The standard InChI is InChI=1S/C11H14FNO3/c12-10-4-2-1-3-9(10)11(15)13-5-7-16-8-6-14/h1-4,14H,5-8H2,(H,13,15). The molecule has 0 aromatic heterocycles. The van der Waals surface area contributed by atoms with Gasteiger partial charge in [0.05, 0.1) is 25.4 Å². The molecule has 0 radical (unpaired) electrons. The number of hydrogen-bond acceptors (Lipinski definition) is 3. The van der Waals surface area contributed by atoms with Gasteiger partial charge < -0.3 is 15.2 Å². The first-order chi connectivity index (χ1) is 7.75. The fourth-order valence-electron chi connectivity index (χ4n) is 1.14. The van der Waals surface area contributed by atoms with Gasteiger partial charge in [0, 0.05) is 6.54 Å². The molecule has 5 heteroatoms. The number of hydrogen-bond donors (Lipinski definition) is 2. The van der Waals surface area contributed by atoms with Crippen LogP contribution in [-0.4, -0.2) is 37.4 Å². The third-order valence-corrected chi connectivity index (χ3v) is 1.89. The number of nitrogens with one attached hydrogen (secondary N) is 1. The zero-order chi connectivity index (χ0) is 11.8. The van der Waals surface area contributed by atoms with E-state index in [2.05, 4.69) is 5.32 Å². The smallest absolute Gasteiger partial charge is 0.254 e. The van der Waals surface area contributed by atoms with E-state index in [0.717, 1.165) is 0 Å². The van der Waals surface area contributed by atoms with Crippen LogP contribution in [0.25, 0.3) is 0 Å². The molecule has 0 heterocycles. The molecule has 0 fully saturated rings. The van der Waals surface area contributed by atoms with Crippen molar-refractivity contribution in [3.05, 3.63) is 35.6 Å². The van der Waals surface area contributed by atoms with Crippen LogP contribution in [0.3, 0.4) is 0 Å². The van der Waals surface area contributed by atoms with Gasteiger partial charge in [-0.2, -0.15) is 0 Å². The highest BCUT2D eigenvalue weighted by atomic mass is 19.1. The highest BCUT2D eigenvalue weighted by Gasteiger charge is 2.09. The van der Waals surface area contributed by atoms with Gasteiger partial charge in [0.1, 0.15) is 5.82 Å². The Hall–Kier alpha value is -1.46. The van der Waals surface area contributed by atoms with E-state index in [0.29, 0.717) is 6.61 Å². The van der Waals surface area contributed by atoms with Crippen LogP contribution in [0.2, 0.25) is 0 Å². The number of aliphatic hydroxyl groups is 1. The Morgan fingerprint density at radius 1 is 1.38 bits per heavy atom. The summed E-state index contributed by atoms with van der Waals surface area (Å²) in [4.78, 5) is 11.4. The van der Waals surface area contributed by atoms with Crippen molar-refractivity contribution in [1.29, 1.82) is 0 Å². The van der Waals surface area contributed by atoms with E-state index >= 15 is 0 Å². The maximum absolute atomic E-state index is 13.1. The predicted molar refractivity (Wildman–Crippen MR) is 56.6 cm³/mol. The van der Waals surface area contributed by atoms with E-state index in [9.17, 15) is 9.18 Å². The van der Waals surface area contributed by atoms with Crippen LogP contribution in [0, 0.1) is 5.82 Å². The van der Waals surface area contributed by atoms with E-state index < -0.39 is 11.7 Å². The minimum atomic E-state index is -0.545. The van der Waals surface area contributed by atoms with Crippen molar-refractivity contribution < 1.29 is 19.0 Å². The highest BCUT2D eigenvalue weighted by molar-refractivity contribution is 5.94. The van der Waals surface area contributed by atoms with Crippen LogP contribution in [0.4, 0.5) is 4.39 Å². The van der Waals surface area contributed by atoms with Crippen molar-refractivity contribution in [3.8, 4) is 0 Å². The number of halogens is 1. The number of ether oxygens (including phenoxy) is 1. The number of rotatable bonds is 6. The summed E-state index contributed by atoms with van der Waals surface area (Å²) >= 11 is 0. The molecular formula is C11H14FNO3. The van der Waals surface area contributed by atoms with Gasteiger partial charge in [0.15, 0.2) is 0 Å². The van der Waals surface area contributed by atoms with Gasteiger partial charge in [-0.15, -0.1) is 0 Å². The second kappa shape index (κ2) is 6.92. The second-order valence-electron chi connectivity index (χ2n) is 3.07. The molecular weight excluding hydrogens is 213 g/mol. The summed E-state index contributed by atoms with van der Waals surface area (Å²) in [5.74, 6) is -1.01. The molecule has 1 aromatic carbocycles. The first-order valence-corrected chi connectivity index (χ1v) is 4.97. The topological polar surface area (TPSA) is 58.6 Å². The lowest BCUT2D eigenvalue weighted by molar-refractivity contribution is 0.0836. The molecule has 1 amide bonds. The zero-order valence-electron chi connectivity index (χ0n) is 8.78. The lowest BCUT2D eigenvalue weighted by Crippen LogP contribution is -2.28. The summed E-state index contributed by atoms with van der Waals surface area (Å²) in [7, 11) is 0. The SMILES string of the molecule is O=C(NCCOCCO)c1ccccc1F. The number of benzene rings is 1. The van der Waals surface area contributed by atoms with Crippen molar-refractivity contribution in [2.45, 2.75) is 0 Å². The lowest BCUT2D eigenvalue weighted by atomic mass is 10.2. The van der Waals surface area contributed by atoms with Gasteiger partial charge in [-0.05, 0) is 12.1 Å². The van der Waals surface area contributed by atoms with Crippen LogP contribution < -0.4 is 5.32 Å². The molecule has 0 saturated carbocycles. The fraction of sp³-hybridized carbons (Fsp3) is 0.364. The summed E-state index contributed by atoms with van der Waals surface area (Å²) in [6.07, 6.45) is 0. The van der Waals surface area contributed by atoms with Crippen molar-refractivity contribution in [2.75, 3.05) is 26.4 Å². The molecule has 0 unspecified atom stereocenters. The Bertz CT molecular complexity index is 344. The third kappa shape index (κ3) is 3.96. The second-order valence-corrected chi connectivity index (χ2v) is 3.07. The Labute approximate surface area is 93.0 Å². The third-order valence-electron chi connectivity index (χ3n) is 1.89. The summed E-state index contributed by atoms with van der Waals surface area (Å²) in [6.45, 7) is 0.755. The van der Waals surface area contributed by atoms with E-state index in [4.69, 9.17) is 9.84 Å². The van der Waals surface area contributed by atoms with Crippen LogP contribution in [0.15, 0.2) is 24.3 Å². The quantitative estimate of drug-likeness (QED) is 0.698. The molecule has 0 aliphatic heterocycles. The van der Waals surface area contributed by atoms with Crippen LogP contribution in [-0.2, 0) is 4.74 Å². The minimum Gasteiger partial charge on any atom is -0.394 e. The molecule has 0 atom stereocenters. The maximum atomic E-state index is 13.1. The van der Waals surface area contributed by atoms with Crippen molar-refractivity contribution >= 4 is 5.91 Å². The minimum absolute atomic E-state index is 0.0182. The van der Waals surface area contributed by atoms with Crippen molar-refractivity contribution in [1.82, 2.24) is 5.32 Å². The first-order valence-electron chi connectivity index (χ1n) is 4.97. The Morgan fingerprint density at radius 3 is 2.81 bits per heavy atom. The Kier molecular flexibility index (Phi) is 5.45. The number of amides is 1. The normalized spacial score (nSPS) is 10.1. The van der Waals surface area contributed by atoms with Gasteiger partial charge in [-0.1, -0.05) is 12.1 Å². The molecule has 0 aliphatic carbocycles. The Morgan fingerprint density at radius 2 is 2.12 bits per heavy atom. The average molecular weight is 227 g/mol. The number of aliphatic hydroxyl groups excluding tert-OH is 1. The summed E-state index contributed by atoms with van der Waals surface area (Å²) < 4.78 is 18.1. The van der Waals surface area contributed by atoms with Gasteiger partial charge >= 0.3 is 0 Å². The van der Waals surface area contributed by atoms with Gasteiger partial charge in [-0.25, -0.2) is 4.39 Å². The monoisotopic (exact) mass is 227 g/mol. The fourth-order valence-corrected chi connectivity index (χ4v) is 1.14. The average Bonchev–Trinajstić information content (AvgIpc) is 2.29. The lowest BCUT2D eigenvalue weighted by Gasteiger charge is -2.06. The molecule has 0 aliphatic rings. The Balaban J connectivity index is 2.33. The highest BCUT2D eigenvalue weighted by Crippen LogP contribution is 2.05. The molecule has 4 nitrogen and oxygen atoms in total. The van der Waals surface area contributed by atoms with Gasteiger partial charge in [0.25, 0.3) is 5.91 Å². The van der Waals surface area contributed by atoms with Gasteiger partial charge in [0.2, 0.25) is 0 Å². The van der Waals surface area contributed by atoms with E-state index in [1.807, 2.05) is 0 Å². The largest absolute Gasteiger partial charge is 0.394 e. The first kappa shape index (κ1) is 12.6. The number of carbonyl (C=O) groups excluding carboxylic acids is 1. The van der Waals surface area contributed by atoms with E-state index in [-0.39, 0.29) is 25.3 Å². The predicted octanol–water partition coefficient (Wildman–Crippen LogP) is 0.564.